The van der Waals surface area contributed by atoms with E-state index in [4.69, 9.17) is 13.9 Å². The van der Waals surface area contributed by atoms with Gasteiger partial charge in [-0.25, -0.2) is 19.1 Å². The second kappa shape index (κ2) is 10.7. The van der Waals surface area contributed by atoms with Crippen molar-refractivity contribution in [2.45, 2.75) is 26.4 Å². The highest BCUT2D eigenvalue weighted by atomic mass is 16.6. The number of hydrogen-bond donors (Lipinski definition) is 1. The maximum atomic E-state index is 13.3. The topological polar surface area (TPSA) is 132 Å². The van der Waals surface area contributed by atoms with E-state index in [1.807, 2.05) is 26.8 Å². The molecule has 1 N–H and O–H groups in total. The van der Waals surface area contributed by atoms with Gasteiger partial charge in [-0.15, -0.1) is 0 Å². The first-order valence-corrected chi connectivity index (χ1v) is 12.8. The number of anilines is 2. The van der Waals surface area contributed by atoms with Crippen molar-refractivity contribution in [1.82, 2.24) is 19.4 Å². The molecule has 3 aromatic heterocycles. The van der Waals surface area contributed by atoms with E-state index in [-0.39, 0.29) is 17.6 Å². The van der Waals surface area contributed by atoms with Gasteiger partial charge in [-0.2, -0.15) is 0 Å². The van der Waals surface area contributed by atoms with Gasteiger partial charge in [0.25, 0.3) is 5.91 Å². The fourth-order valence-corrected chi connectivity index (χ4v) is 4.42. The summed E-state index contributed by atoms with van der Waals surface area (Å²) in [6.45, 7) is 7.59. The number of carbonyl (C=O) groups excluding carboxylic acids is 2. The zero-order valence-electron chi connectivity index (χ0n) is 22.7. The Hall–Kier alpha value is -4.87. The molecule has 0 spiro atoms. The number of aromatic nitrogens is 3. The molecule has 0 radical (unpaired) electrons. The number of piperazine rings is 1. The summed E-state index contributed by atoms with van der Waals surface area (Å²) in [5.41, 5.74) is 1.66. The van der Waals surface area contributed by atoms with Gasteiger partial charge in [0.15, 0.2) is 5.58 Å². The van der Waals surface area contributed by atoms with Gasteiger partial charge >= 0.3 is 11.8 Å². The molecule has 1 aliphatic heterocycles. The number of oxazole rings is 1. The molecule has 1 aliphatic rings. The number of hydrogen-bond acceptors (Lipinski definition) is 9. The number of rotatable bonds is 5. The molecule has 0 atom stereocenters. The van der Waals surface area contributed by atoms with E-state index in [9.17, 15) is 14.4 Å². The van der Waals surface area contributed by atoms with Crippen LogP contribution in [0.3, 0.4) is 0 Å². The summed E-state index contributed by atoms with van der Waals surface area (Å²) in [4.78, 5) is 50.7. The molecule has 12 heteroatoms. The molecule has 4 aromatic rings. The van der Waals surface area contributed by atoms with Gasteiger partial charge in [0.05, 0.1) is 30.2 Å². The molecule has 5 rings (SSSR count). The van der Waals surface area contributed by atoms with Crippen LogP contribution in [0.4, 0.5) is 16.2 Å². The number of nitrogens with one attached hydrogen (secondary N) is 1. The van der Waals surface area contributed by atoms with E-state index in [1.165, 1.54) is 11.7 Å². The van der Waals surface area contributed by atoms with E-state index >= 15 is 0 Å². The number of pyridine rings is 2. The van der Waals surface area contributed by atoms with Crippen LogP contribution in [-0.2, 0) is 4.74 Å². The minimum Gasteiger partial charge on any atom is -0.497 e. The molecule has 1 fully saturated rings. The Labute approximate surface area is 230 Å². The first-order chi connectivity index (χ1) is 19.1. The van der Waals surface area contributed by atoms with Crippen molar-refractivity contribution in [3.8, 4) is 11.6 Å². The van der Waals surface area contributed by atoms with Crippen LogP contribution >= 0.6 is 0 Å². The average Bonchev–Trinajstić information content (AvgIpc) is 3.27. The van der Waals surface area contributed by atoms with Crippen LogP contribution in [0.1, 0.15) is 31.3 Å². The third-order valence-electron chi connectivity index (χ3n) is 6.30. The predicted molar refractivity (Wildman–Crippen MR) is 148 cm³/mol. The van der Waals surface area contributed by atoms with E-state index in [0.29, 0.717) is 48.7 Å². The number of nitrogens with zero attached hydrogens (tertiary/aromatic N) is 5. The third-order valence-corrected chi connectivity index (χ3v) is 6.30. The van der Waals surface area contributed by atoms with Crippen molar-refractivity contribution < 1.29 is 23.5 Å². The molecule has 0 saturated carbocycles. The Morgan fingerprint density at radius 2 is 1.82 bits per heavy atom. The minimum absolute atomic E-state index is 0.108. The summed E-state index contributed by atoms with van der Waals surface area (Å²) in [5.74, 6) is -0.307. The van der Waals surface area contributed by atoms with Gasteiger partial charge in [-0.05, 0) is 51.1 Å². The van der Waals surface area contributed by atoms with Gasteiger partial charge in [0.1, 0.15) is 22.9 Å². The monoisotopic (exact) mass is 546 g/mol. The van der Waals surface area contributed by atoms with Gasteiger partial charge in [-0.3, -0.25) is 9.78 Å². The van der Waals surface area contributed by atoms with Crippen LogP contribution < -0.4 is 20.7 Å². The van der Waals surface area contributed by atoms with Crippen molar-refractivity contribution in [2.24, 2.45) is 0 Å². The summed E-state index contributed by atoms with van der Waals surface area (Å²) in [5, 5.41) is 2.89. The molecule has 1 aromatic carbocycles. The molecule has 1 saturated heterocycles. The van der Waals surface area contributed by atoms with Crippen LogP contribution in [0.2, 0.25) is 0 Å². The molecule has 0 unspecified atom stereocenters. The number of benzene rings is 1. The van der Waals surface area contributed by atoms with Crippen LogP contribution in [0.5, 0.6) is 5.75 Å². The van der Waals surface area contributed by atoms with Gasteiger partial charge in [0.2, 0.25) is 0 Å². The Kier molecular flexibility index (Phi) is 7.16. The molecular formula is C28H30N6O6. The molecule has 4 heterocycles. The molecule has 12 nitrogen and oxygen atoms in total. The number of amides is 2. The largest absolute Gasteiger partial charge is 0.497 e. The van der Waals surface area contributed by atoms with E-state index < -0.39 is 17.3 Å². The third kappa shape index (κ3) is 5.60. The summed E-state index contributed by atoms with van der Waals surface area (Å²) in [7, 11) is 1.53. The lowest BCUT2D eigenvalue weighted by atomic mass is 10.2. The van der Waals surface area contributed by atoms with Crippen molar-refractivity contribution in [1.29, 1.82) is 0 Å². The number of methoxy groups -OCH3 is 1. The standard InChI is InChI=1S/C28H30N6O6/c1-28(2,3)40-26(36)33-14-12-32(13-15-33)21-10-11-29-17-20(21)31-25(35)19-6-5-7-24(30-19)34-22-9-8-18(38-4)16-23(22)39-27(34)37/h5-11,16-17H,12-15H2,1-4H3,(H,31,35). The highest BCUT2D eigenvalue weighted by Crippen LogP contribution is 2.27. The van der Waals surface area contributed by atoms with Crippen LogP contribution in [-0.4, -0.2) is 70.3 Å². The Morgan fingerprint density at radius 3 is 2.55 bits per heavy atom. The van der Waals surface area contributed by atoms with Gasteiger partial charge in [-0.1, -0.05) is 6.07 Å². The summed E-state index contributed by atoms with van der Waals surface area (Å²) in [6, 6.07) is 11.7. The predicted octanol–water partition coefficient (Wildman–Crippen LogP) is 3.69. The number of ether oxygens (including phenoxy) is 2. The number of fused-ring (bicyclic) bond motifs is 1. The minimum atomic E-state index is -0.631. The second-order valence-electron chi connectivity index (χ2n) is 10.2. The fourth-order valence-electron chi connectivity index (χ4n) is 4.42. The Bertz CT molecular complexity index is 1610. The zero-order chi connectivity index (χ0) is 28.4. The summed E-state index contributed by atoms with van der Waals surface area (Å²) in [6.07, 6.45) is 2.87. The smallest absolute Gasteiger partial charge is 0.425 e. The quantitative estimate of drug-likeness (QED) is 0.398. The van der Waals surface area contributed by atoms with Crippen molar-refractivity contribution >= 4 is 34.5 Å². The van der Waals surface area contributed by atoms with Crippen LogP contribution in [0.15, 0.2) is 64.1 Å². The van der Waals surface area contributed by atoms with Crippen LogP contribution in [0, 0.1) is 0 Å². The lowest BCUT2D eigenvalue weighted by Crippen LogP contribution is -2.50. The Morgan fingerprint density at radius 1 is 1.05 bits per heavy atom. The van der Waals surface area contributed by atoms with Crippen molar-refractivity contribution in [3.63, 3.8) is 0 Å². The normalized spacial score (nSPS) is 13.8. The maximum absolute atomic E-state index is 13.3. The Balaban J connectivity index is 1.33. The molecular weight excluding hydrogens is 516 g/mol. The summed E-state index contributed by atoms with van der Waals surface area (Å²) < 4.78 is 17.3. The first kappa shape index (κ1) is 26.7. The number of carbonyl (C=O) groups is 2. The van der Waals surface area contributed by atoms with E-state index in [1.54, 1.807) is 53.7 Å². The highest BCUT2D eigenvalue weighted by Gasteiger charge is 2.27. The maximum Gasteiger partial charge on any atom is 0.425 e. The highest BCUT2D eigenvalue weighted by molar-refractivity contribution is 6.04. The first-order valence-electron chi connectivity index (χ1n) is 12.8. The fraction of sp³-hybridized carbons (Fsp3) is 0.321. The SMILES string of the molecule is COc1ccc2c(c1)oc(=O)n2-c1cccc(C(=O)Nc2cnccc2N2CCN(C(=O)OC(C)(C)C)CC2)n1. The molecule has 40 heavy (non-hydrogen) atoms. The average molecular weight is 547 g/mol. The van der Waals surface area contributed by atoms with Crippen molar-refractivity contribution in [3.05, 3.63) is 71.1 Å². The second-order valence-corrected chi connectivity index (χ2v) is 10.2. The van der Waals surface area contributed by atoms with Crippen molar-refractivity contribution in [2.75, 3.05) is 43.5 Å². The molecule has 0 bridgehead atoms. The van der Waals surface area contributed by atoms with Gasteiger partial charge < -0.3 is 29.0 Å². The zero-order valence-corrected chi connectivity index (χ0v) is 22.7. The van der Waals surface area contributed by atoms with Gasteiger partial charge in [0, 0.05) is 38.4 Å². The van der Waals surface area contributed by atoms with E-state index in [0.717, 1.165) is 5.69 Å². The lowest BCUT2D eigenvalue weighted by Gasteiger charge is -2.37. The molecule has 208 valence electrons. The molecule has 2 amide bonds. The molecule has 0 aliphatic carbocycles. The van der Waals surface area contributed by atoms with Crippen LogP contribution in [0.25, 0.3) is 16.9 Å². The lowest BCUT2D eigenvalue weighted by molar-refractivity contribution is 0.0240. The summed E-state index contributed by atoms with van der Waals surface area (Å²) >= 11 is 0. The van der Waals surface area contributed by atoms with E-state index in [2.05, 4.69) is 20.2 Å².